The van der Waals surface area contributed by atoms with Crippen molar-refractivity contribution in [3.8, 4) is 0 Å². The summed E-state index contributed by atoms with van der Waals surface area (Å²) in [5.74, 6) is 0.261. The van der Waals surface area contributed by atoms with Gasteiger partial charge >= 0.3 is 12.2 Å². The SMILES string of the molecule is COC(=O)Nc1ccc2nc(NC(=O)OC)[nH]c2c1. The van der Waals surface area contributed by atoms with E-state index in [0.29, 0.717) is 16.7 Å². The molecule has 2 aromatic rings. The fraction of sp³-hybridized carbons (Fsp3) is 0.182. The van der Waals surface area contributed by atoms with Crippen LogP contribution in [0.4, 0.5) is 21.2 Å². The maximum Gasteiger partial charge on any atom is 0.413 e. The molecule has 19 heavy (non-hydrogen) atoms. The molecule has 0 aliphatic rings. The van der Waals surface area contributed by atoms with E-state index in [1.54, 1.807) is 18.2 Å². The number of rotatable bonds is 2. The highest BCUT2D eigenvalue weighted by Crippen LogP contribution is 2.19. The topological polar surface area (TPSA) is 105 Å². The molecular formula is C11H12N4O4. The summed E-state index contributed by atoms with van der Waals surface area (Å²) in [7, 11) is 2.54. The number of H-pyrrole nitrogens is 1. The van der Waals surface area contributed by atoms with Gasteiger partial charge in [-0.05, 0) is 18.2 Å². The maximum absolute atomic E-state index is 11.1. The van der Waals surface area contributed by atoms with E-state index in [2.05, 4.69) is 30.1 Å². The van der Waals surface area contributed by atoms with Crippen molar-refractivity contribution in [3.63, 3.8) is 0 Å². The number of benzene rings is 1. The van der Waals surface area contributed by atoms with Gasteiger partial charge in [-0.1, -0.05) is 0 Å². The van der Waals surface area contributed by atoms with E-state index in [1.165, 1.54) is 14.2 Å². The highest BCUT2D eigenvalue weighted by atomic mass is 16.5. The number of fused-ring (bicyclic) bond motifs is 1. The van der Waals surface area contributed by atoms with Crippen molar-refractivity contribution in [3.05, 3.63) is 18.2 Å². The van der Waals surface area contributed by atoms with Gasteiger partial charge in [0.2, 0.25) is 5.95 Å². The van der Waals surface area contributed by atoms with Crippen molar-refractivity contribution in [2.24, 2.45) is 0 Å². The van der Waals surface area contributed by atoms with Crippen molar-refractivity contribution in [1.82, 2.24) is 9.97 Å². The number of nitrogens with one attached hydrogen (secondary N) is 3. The molecule has 1 aromatic carbocycles. The van der Waals surface area contributed by atoms with Crippen molar-refractivity contribution in [2.45, 2.75) is 0 Å². The molecule has 2 amide bonds. The lowest BCUT2D eigenvalue weighted by atomic mass is 10.3. The Morgan fingerprint density at radius 2 is 1.84 bits per heavy atom. The van der Waals surface area contributed by atoms with E-state index in [4.69, 9.17) is 0 Å². The summed E-state index contributed by atoms with van der Waals surface area (Å²) in [6.07, 6.45) is -1.18. The number of carbonyl (C=O) groups excluding carboxylic acids is 2. The average Bonchev–Trinajstić information content (AvgIpc) is 2.79. The lowest BCUT2D eigenvalue weighted by Crippen LogP contribution is -2.11. The summed E-state index contributed by atoms with van der Waals surface area (Å²) in [5, 5.41) is 4.94. The van der Waals surface area contributed by atoms with E-state index < -0.39 is 12.2 Å². The first kappa shape index (κ1) is 12.7. The number of aromatic amines is 1. The number of methoxy groups -OCH3 is 2. The van der Waals surface area contributed by atoms with E-state index in [-0.39, 0.29) is 5.95 Å². The number of anilines is 2. The second-order valence-electron chi connectivity index (χ2n) is 3.55. The third-order valence-electron chi connectivity index (χ3n) is 2.32. The van der Waals surface area contributed by atoms with Crippen LogP contribution in [0.1, 0.15) is 0 Å². The first-order valence-corrected chi connectivity index (χ1v) is 5.32. The zero-order valence-electron chi connectivity index (χ0n) is 10.3. The molecule has 8 heteroatoms. The van der Waals surface area contributed by atoms with Gasteiger partial charge in [-0.25, -0.2) is 14.6 Å². The predicted octanol–water partition coefficient (Wildman–Crippen LogP) is 1.92. The summed E-state index contributed by atoms with van der Waals surface area (Å²) in [4.78, 5) is 29.1. The number of nitrogens with zero attached hydrogens (tertiary/aromatic N) is 1. The zero-order chi connectivity index (χ0) is 13.8. The molecule has 0 spiro atoms. The molecule has 0 aliphatic heterocycles. The number of hydrogen-bond acceptors (Lipinski definition) is 5. The lowest BCUT2D eigenvalue weighted by molar-refractivity contribution is 0.186. The standard InChI is InChI=1S/C11H12N4O4/c1-18-10(16)12-6-3-4-7-8(5-6)14-9(13-7)15-11(17)19-2/h3-5H,1-2H3,(H,12,16)(H2,13,14,15,17). The normalized spacial score (nSPS) is 10.0. The molecule has 0 radical (unpaired) electrons. The van der Waals surface area contributed by atoms with Crippen LogP contribution < -0.4 is 10.6 Å². The number of carbonyl (C=O) groups is 2. The largest absolute Gasteiger partial charge is 0.453 e. The Labute approximate surface area is 108 Å². The minimum atomic E-state index is -0.619. The minimum absolute atomic E-state index is 0.261. The van der Waals surface area contributed by atoms with E-state index >= 15 is 0 Å². The smallest absolute Gasteiger partial charge is 0.413 e. The van der Waals surface area contributed by atoms with Crippen LogP contribution in [0, 0.1) is 0 Å². The summed E-state index contributed by atoms with van der Waals surface area (Å²) < 4.78 is 8.95. The quantitative estimate of drug-likeness (QED) is 0.768. The third-order valence-corrected chi connectivity index (χ3v) is 2.32. The number of aromatic nitrogens is 2. The molecule has 2 rings (SSSR count). The summed E-state index contributed by atoms with van der Waals surface area (Å²) in [6, 6.07) is 5.03. The molecule has 100 valence electrons. The van der Waals surface area contributed by atoms with Gasteiger partial charge in [0.05, 0.1) is 25.3 Å². The highest BCUT2D eigenvalue weighted by molar-refractivity contribution is 5.90. The Hall–Kier alpha value is -2.77. The van der Waals surface area contributed by atoms with E-state index in [1.807, 2.05) is 0 Å². The van der Waals surface area contributed by atoms with Crippen LogP contribution >= 0.6 is 0 Å². The number of hydrogen-bond donors (Lipinski definition) is 3. The van der Waals surface area contributed by atoms with Crippen LogP contribution in [0.5, 0.6) is 0 Å². The molecular weight excluding hydrogens is 252 g/mol. The van der Waals surface area contributed by atoms with Gasteiger partial charge in [-0.2, -0.15) is 0 Å². The molecule has 0 unspecified atom stereocenters. The summed E-state index contributed by atoms with van der Waals surface area (Å²) in [5.41, 5.74) is 1.84. The average molecular weight is 264 g/mol. The Morgan fingerprint density at radius 1 is 1.16 bits per heavy atom. The monoisotopic (exact) mass is 264 g/mol. The molecule has 0 saturated heterocycles. The second-order valence-corrected chi connectivity index (χ2v) is 3.55. The van der Waals surface area contributed by atoms with Crippen LogP contribution in [0.2, 0.25) is 0 Å². The van der Waals surface area contributed by atoms with Gasteiger partial charge in [-0.3, -0.25) is 10.6 Å². The van der Waals surface area contributed by atoms with Crippen molar-refractivity contribution >= 4 is 34.9 Å². The molecule has 8 nitrogen and oxygen atoms in total. The molecule has 1 aromatic heterocycles. The number of imidazole rings is 1. The van der Waals surface area contributed by atoms with Crippen molar-refractivity contribution < 1.29 is 19.1 Å². The van der Waals surface area contributed by atoms with Crippen LogP contribution in [-0.2, 0) is 9.47 Å². The first-order valence-electron chi connectivity index (χ1n) is 5.32. The number of ether oxygens (including phenoxy) is 2. The zero-order valence-corrected chi connectivity index (χ0v) is 10.3. The fourth-order valence-electron chi connectivity index (χ4n) is 1.46. The molecule has 1 heterocycles. The fourth-order valence-corrected chi connectivity index (χ4v) is 1.46. The summed E-state index contributed by atoms with van der Waals surface area (Å²) >= 11 is 0. The van der Waals surface area contributed by atoms with Crippen LogP contribution in [-0.4, -0.2) is 36.4 Å². The Morgan fingerprint density at radius 3 is 2.53 bits per heavy atom. The first-order chi connectivity index (χ1) is 9.12. The summed E-state index contributed by atoms with van der Waals surface area (Å²) in [6.45, 7) is 0. The second kappa shape index (κ2) is 5.25. The molecule has 0 atom stereocenters. The van der Waals surface area contributed by atoms with Gasteiger partial charge < -0.3 is 14.5 Å². The Kier molecular flexibility index (Phi) is 3.51. The third kappa shape index (κ3) is 2.92. The molecule has 3 N–H and O–H groups in total. The van der Waals surface area contributed by atoms with Crippen molar-refractivity contribution in [1.29, 1.82) is 0 Å². The molecule has 0 saturated carbocycles. The van der Waals surface area contributed by atoms with Gasteiger partial charge in [0.25, 0.3) is 0 Å². The van der Waals surface area contributed by atoms with Crippen LogP contribution in [0.15, 0.2) is 18.2 Å². The highest BCUT2D eigenvalue weighted by Gasteiger charge is 2.08. The maximum atomic E-state index is 11.1. The van der Waals surface area contributed by atoms with Gasteiger partial charge in [0.1, 0.15) is 0 Å². The van der Waals surface area contributed by atoms with Crippen LogP contribution in [0.3, 0.4) is 0 Å². The Bertz CT molecular complexity index is 606. The molecule has 0 bridgehead atoms. The van der Waals surface area contributed by atoms with Gasteiger partial charge in [-0.15, -0.1) is 0 Å². The predicted molar refractivity (Wildman–Crippen MR) is 68.1 cm³/mol. The van der Waals surface area contributed by atoms with E-state index in [0.717, 1.165) is 0 Å². The van der Waals surface area contributed by atoms with E-state index in [9.17, 15) is 9.59 Å². The van der Waals surface area contributed by atoms with Crippen molar-refractivity contribution in [2.75, 3.05) is 24.9 Å². The van der Waals surface area contributed by atoms with Gasteiger partial charge in [0.15, 0.2) is 0 Å². The van der Waals surface area contributed by atoms with Crippen LogP contribution in [0.25, 0.3) is 11.0 Å². The molecule has 0 fully saturated rings. The number of amides is 2. The molecule has 0 aliphatic carbocycles. The van der Waals surface area contributed by atoms with Gasteiger partial charge in [0, 0.05) is 5.69 Å². The minimum Gasteiger partial charge on any atom is -0.453 e. The Balaban J connectivity index is 2.23. The lowest BCUT2D eigenvalue weighted by Gasteiger charge is -2.02.